The van der Waals surface area contributed by atoms with Crippen LogP contribution >= 0.6 is 0 Å². The van der Waals surface area contributed by atoms with Crippen molar-refractivity contribution < 1.29 is 9.53 Å². The smallest absolute Gasteiger partial charge is 0.277 e. The van der Waals surface area contributed by atoms with Crippen LogP contribution in [0.25, 0.3) is 16.6 Å². The predicted molar refractivity (Wildman–Crippen MR) is 128 cm³/mol. The number of nitrogens with one attached hydrogen (secondary N) is 1. The minimum absolute atomic E-state index is 0.144. The summed E-state index contributed by atoms with van der Waals surface area (Å²) in [5.74, 6) is 0.233. The standard InChI is InChI=1S/C26H26N4O2/c1-17-10-11-23(13-18(17)2)30-19(3)14-22(20(30)4)15-28-29-25(31)16-32-24-9-5-7-21-8-6-12-27-26(21)24/h5-15H,16H2,1-4H3,(H,29,31)/b28-15-. The van der Waals surface area contributed by atoms with Gasteiger partial charge in [-0.05, 0) is 69.2 Å². The third kappa shape index (κ3) is 4.39. The first-order valence-corrected chi connectivity index (χ1v) is 10.5. The molecule has 0 radical (unpaired) electrons. The number of carbonyl (C=O) groups is 1. The summed E-state index contributed by atoms with van der Waals surface area (Å²) in [5.41, 5.74) is 10.00. The first-order chi connectivity index (χ1) is 15.4. The van der Waals surface area contributed by atoms with E-state index in [4.69, 9.17) is 4.74 Å². The second-order valence-electron chi connectivity index (χ2n) is 7.84. The van der Waals surface area contributed by atoms with Gasteiger partial charge in [0.05, 0.1) is 6.21 Å². The molecule has 0 unspecified atom stereocenters. The molecule has 0 spiro atoms. The topological polar surface area (TPSA) is 68.5 Å². The largest absolute Gasteiger partial charge is 0.481 e. The molecule has 0 bridgehead atoms. The molecule has 0 saturated heterocycles. The molecule has 1 N–H and O–H groups in total. The van der Waals surface area contributed by atoms with Crippen LogP contribution in [-0.4, -0.2) is 28.3 Å². The van der Waals surface area contributed by atoms with E-state index < -0.39 is 0 Å². The number of hydrogen-bond donors (Lipinski definition) is 1. The minimum atomic E-state index is -0.336. The van der Waals surface area contributed by atoms with Crippen molar-refractivity contribution >= 4 is 23.0 Å². The van der Waals surface area contributed by atoms with Crippen LogP contribution in [-0.2, 0) is 4.79 Å². The van der Waals surface area contributed by atoms with Crippen LogP contribution in [0, 0.1) is 27.7 Å². The summed E-state index contributed by atoms with van der Waals surface area (Å²) < 4.78 is 7.84. The molecule has 0 fully saturated rings. The van der Waals surface area contributed by atoms with Crippen molar-refractivity contribution in [2.75, 3.05) is 6.61 Å². The lowest BCUT2D eigenvalue weighted by molar-refractivity contribution is -0.123. The van der Waals surface area contributed by atoms with E-state index in [9.17, 15) is 4.79 Å². The quantitative estimate of drug-likeness (QED) is 0.356. The van der Waals surface area contributed by atoms with Crippen molar-refractivity contribution in [2.24, 2.45) is 5.10 Å². The molecule has 6 nitrogen and oxygen atoms in total. The molecule has 2 heterocycles. The monoisotopic (exact) mass is 426 g/mol. The maximum atomic E-state index is 12.2. The molecule has 2 aromatic heterocycles. The Balaban J connectivity index is 1.41. The third-order valence-electron chi connectivity index (χ3n) is 5.57. The first kappa shape index (κ1) is 21.3. The number of fused-ring (bicyclic) bond motifs is 1. The van der Waals surface area contributed by atoms with E-state index in [0.29, 0.717) is 5.75 Å². The third-order valence-corrected chi connectivity index (χ3v) is 5.57. The van der Waals surface area contributed by atoms with Gasteiger partial charge >= 0.3 is 0 Å². The van der Waals surface area contributed by atoms with E-state index in [0.717, 1.165) is 33.5 Å². The fourth-order valence-corrected chi connectivity index (χ4v) is 3.72. The SMILES string of the molecule is Cc1ccc(-n2c(C)cc(/C=N\NC(=O)COc3cccc4cccnc34)c2C)cc1C. The molecule has 0 aliphatic carbocycles. The van der Waals surface area contributed by atoms with Gasteiger partial charge in [0.15, 0.2) is 6.61 Å². The van der Waals surface area contributed by atoms with Crippen molar-refractivity contribution in [3.8, 4) is 11.4 Å². The Labute approximate surface area is 187 Å². The Morgan fingerprint density at radius 1 is 1.06 bits per heavy atom. The molecule has 0 aliphatic heterocycles. The number of benzene rings is 2. The molecule has 4 aromatic rings. The van der Waals surface area contributed by atoms with Crippen LogP contribution in [0.3, 0.4) is 0 Å². The summed E-state index contributed by atoms with van der Waals surface area (Å²) in [6.07, 6.45) is 3.37. The molecule has 32 heavy (non-hydrogen) atoms. The Bertz CT molecular complexity index is 1320. The number of para-hydroxylation sites is 1. The van der Waals surface area contributed by atoms with Gasteiger partial charge in [-0.25, -0.2) is 5.43 Å². The van der Waals surface area contributed by atoms with Gasteiger partial charge < -0.3 is 9.30 Å². The van der Waals surface area contributed by atoms with Gasteiger partial charge in [-0.15, -0.1) is 0 Å². The van der Waals surface area contributed by atoms with Crippen molar-refractivity contribution in [1.29, 1.82) is 0 Å². The fourth-order valence-electron chi connectivity index (χ4n) is 3.72. The lowest BCUT2D eigenvalue weighted by atomic mass is 10.1. The summed E-state index contributed by atoms with van der Waals surface area (Å²) in [6, 6.07) is 17.9. The van der Waals surface area contributed by atoms with Gasteiger partial charge in [-0.2, -0.15) is 5.10 Å². The number of hydrogen-bond acceptors (Lipinski definition) is 4. The van der Waals surface area contributed by atoms with Crippen molar-refractivity contribution in [3.63, 3.8) is 0 Å². The second-order valence-corrected chi connectivity index (χ2v) is 7.84. The summed E-state index contributed by atoms with van der Waals surface area (Å²) in [5, 5.41) is 5.08. The van der Waals surface area contributed by atoms with Crippen molar-refractivity contribution in [2.45, 2.75) is 27.7 Å². The highest BCUT2D eigenvalue weighted by atomic mass is 16.5. The van der Waals surface area contributed by atoms with Crippen molar-refractivity contribution in [1.82, 2.24) is 15.0 Å². The van der Waals surface area contributed by atoms with E-state index in [1.54, 1.807) is 18.5 Å². The highest BCUT2D eigenvalue weighted by Gasteiger charge is 2.11. The van der Waals surface area contributed by atoms with Gasteiger partial charge in [-0.3, -0.25) is 9.78 Å². The minimum Gasteiger partial charge on any atom is -0.481 e. The molecule has 2 aromatic carbocycles. The lowest BCUT2D eigenvalue weighted by Crippen LogP contribution is -2.24. The Morgan fingerprint density at radius 3 is 2.69 bits per heavy atom. The fraction of sp³-hybridized carbons (Fsp3) is 0.192. The molecule has 4 rings (SSSR count). The number of aromatic nitrogens is 2. The molecule has 0 atom stereocenters. The number of aryl methyl sites for hydroxylation is 3. The number of nitrogens with zero attached hydrogens (tertiary/aromatic N) is 3. The maximum Gasteiger partial charge on any atom is 0.277 e. The molecule has 0 saturated carbocycles. The van der Waals surface area contributed by atoms with Gasteiger partial charge in [0, 0.05) is 34.2 Å². The molecule has 6 heteroatoms. The average Bonchev–Trinajstić information content (AvgIpc) is 3.07. The van der Waals surface area contributed by atoms with E-state index >= 15 is 0 Å². The lowest BCUT2D eigenvalue weighted by Gasteiger charge is -2.11. The van der Waals surface area contributed by atoms with E-state index in [2.05, 4.69) is 65.1 Å². The van der Waals surface area contributed by atoms with Crippen LogP contribution < -0.4 is 10.2 Å². The number of amides is 1. The van der Waals surface area contributed by atoms with Crippen molar-refractivity contribution in [3.05, 3.63) is 88.9 Å². The number of ether oxygens (including phenoxy) is 1. The molecule has 162 valence electrons. The highest BCUT2D eigenvalue weighted by Crippen LogP contribution is 2.23. The van der Waals surface area contributed by atoms with E-state index in [-0.39, 0.29) is 12.5 Å². The second kappa shape index (κ2) is 9.06. The molecule has 0 aliphatic rings. The zero-order valence-electron chi connectivity index (χ0n) is 18.7. The summed E-state index contributed by atoms with van der Waals surface area (Å²) in [4.78, 5) is 16.5. The number of carbonyl (C=O) groups excluding carboxylic acids is 1. The zero-order valence-corrected chi connectivity index (χ0v) is 18.7. The van der Waals surface area contributed by atoms with Gasteiger partial charge in [0.25, 0.3) is 5.91 Å². The van der Waals surface area contributed by atoms with Crippen LogP contribution in [0.15, 0.2) is 65.9 Å². The average molecular weight is 427 g/mol. The normalized spacial score (nSPS) is 11.2. The first-order valence-electron chi connectivity index (χ1n) is 10.5. The summed E-state index contributed by atoms with van der Waals surface area (Å²) >= 11 is 0. The Hall–Kier alpha value is -3.93. The van der Waals surface area contributed by atoms with E-state index in [1.165, 1.54) is 11.1 Å². The Kier molecular flexibility index (Phi) is 6.03. The van der Waals surface area contributed by atoms with Gasteiger partial charge in [0.1, 0.15) is 11.3 Å². The van der Waals surface area contributed by atoms with Crippen LogP contribution in [0.5, 0.6) is 5.75 Å². The van der Waals surface area contributed by atoms with Crippen LogP contribution in [0.4, 0.5) is 0 Å². The summed E-state index contributed by atoms with van der Waals surface area (Å²) in [7, 11) is 0. The van der Waals surface area contributed by atoms with Crippen LogP contribution in [0.1, 0.15) is 28.1 Å². The summed E-state index contributed by atoms with van der Waals surface area (Å²) in [6.45, 7) is 8.18. The van der Waals surface area contributed by atoms with Gasteiger partial charge in [-0.1, -0.05) is 24.3 Å². The number of pyridine rings is 1. The zero-order chi connectivity index (χ0) is 22.7. The maximum absolute atomic E-state index is 12.2. The van der Waals surface area contributed by atoms with Crippen LogP contribution in [0.2, 0.25) is 0 Å². The van der Waals surface area contributed by atoms with Gasteiger partial charge in [0.2, 0.25) is 0 Å². The predicted octanol–water partition coefficient (Wildman–Crippen LogP) is 4.79. The number of hydrazone groups is 1. The molecular formula is C26H26N4O2. The number of rotatable bonds is 6. The van der Waals surface area contributed by atoms with E-state index in [1.807, 2.05) is 31.2 Å². The molecular weight excluding hydrogens is 400 g/mol. The highest BCUT2D eigenvalue weighted by molar-refractivity contribution is 5.86. The Morgan fingerprint density at radius 2 is 1.88 bits per heavy atom. The molecule has 1 amide bonds.